The van der Waals surface area contributed by atoms with Crippen molar-refractivity contribution in [2.45, 2.75) is 51.9 Å². The van der Waals surface area contributed by atoms with Gasteiger partial charge >= 0.3 is 0 Å². The Kier molecular flexibility index (Phi) is 8.29. The van der Waals surface area contributed by atoms with Gasteiger partial charge in [0.1, 0.15) is 11.6 Å². The van der Waals surface area contributed by atoms with Crippen LogP contribution in [0.4, 0.5) is 14.5 Å². The minimum absolute atomic E-state index is 0.00401. The zero-order valence-electron chi connectivity index (χ0n) is 22.4. The minimum atomic E-state index is -0.633. The maximum atomic E-state index is 13.9. The fourth-order valence-corrected chi connectivity index (χ4v) is 5.21. The smallest absolute Gasteiger partial charge is 0.277 e. The van der Waals surface area contributed by atoms with Gasteiger partial charge in [0.05, 0.1) is 16.3 Å². The number of nitro benzene ring substituents is 1. The molecule has 0 aliphatic carbocycles. The summed E-state index contributed by atoms with van der Waals surface area (Å²) < 4.78 is 27.8. The van der Waals surface area contributed by atoms with Crippen molar-refractivity contribution in [3.05, 3.63) is 140 Å². The van der Waals surface area contributed by atoms with Crippen LogP contribution >= 0.6 is 0 Å². The molecule has 0 spiro atoms. The fraction of sp³-hybridized carbons (Fsp3) is 0.250. The van der Waals surface area contributed by atoms with E-state index >= 15 is 0 Å². The van der Waals surface area contributed by atoms with Gasteiger partial charge in [-0.15, -0.1) is 0 Å². The van der Waals surface area contributed by atoms with Crippen LogP contribution in [0.2, 0.25) is 0 Å². The molecule has 39 heavy (non-hydrogen) atoms. The predicted octanol–water partition coefficient (Wildman–Crippen LogP) is 8.31. The van der Waals surface area contributed by atoms with Crippen molar-refractivity contribution >= 4 is 11.4 Å². The second-order valence-corrected chi connectivity index (χ2v) is 10.3. The van der Waals surface area contributed by atoms with Crippen LogP contribution in [0, 0.1) is 27.2 Å². The molecule has 200 valence electrons. The van der Waals surface area contributed by atoms with Crippen molar-refractivity contribution in [1.82, 2.24) is 4.98 Å². The van der Waals surface area contributed by atoms with Gasteiger partial charge in [0, 0.05) is 29.7 Å². The molecule has 0 radical (unpaired) electrons. The molecule has 0 atom stereocenters. The second-order valence-electron chi connectivity index (χ2n) is 10.3. The van der Waals surface area contributed by atoms with Gasteiger partial charge in [-0.1, -0.05) is 58.0 Å². The molecule has 3 aromatic carbocycles. The van der Waals surface area contributed by atoms with Gasteiger partial charge in [0.25, 0.3) is 5.69 Å². The van der Waals surface area contributed by atoms with Gasteiger partial charge in [-0.3, -0.25) is 15.1 Å². The molecule has 0 saturated carbocycles. The van der Waals surface area contributed by atoms with Crippen LogP contribution in [0.5, 0.6) is 0 Å². The molecule has 7 heteroatoms. The third-order valence-electron chi connectivity index (χ3n) is 6.94. The third-order valence-corrected chi connectivity index (χ3v) is 6.94. The molecule has 0 amide bonds. The third kappa shape index (κ3) is 5.93. The molecule has 1 heterocycles. The van der Waals surface area contributed by atoms with Crippen molar-refractivity contribution in [3.63, 3.8) is 0 Å². The van der Waals surface area contributed by atoms with E-state index in [-0.39, 0.29) is 34.6 Å². The standard InChI is InChI=1S/C32H31F2N3O2/c1-19(2)25-17-27(31(21-8-12-23(33)13-9-21)22-10-14-24(34)15-11-22)32(37(38)39)30(20(3)4)26(25)18-28(35)29-7-5-6-16-36-29/h5-17,19-20,31,35H,18H2,1-4H3. The van der Waals surface area contributed by atoms with E-state index in [0.717, 1.165) is 11.1 Å². The predicted molar refractivity (Wildman–Crippen MR) is 150 cm³/mol. The van der Waals surface area contributed by atoms with Crippen molar-refractivity contribution in [3.8, 4) is 0 Å². The van der Waals surface area contributed by atoms with Crippen LogP contribution < -0.4 is 0 Å². The molecular formula is C32H31F2N3O2. The molecule has 4 aromatic rings. The van der Waals surface area contributed by atoms with Gasteiger partial charge in [0.15, 0.2) is 0 Å². The number of halogens is 2. The zero-order valence-corrected chi connectivity index (χ0v) is 22.4. The van der Waals surface area contributed by atoms with Crippen LogP contribution in [-0.4, -0.2) is 15.6 Å². The van der Waals surface area contributed by atoms with Gasteiger partial charge in [-0.2, -0.15) is 0 Å². The lowest BCUT2D eigenvalue weighted by atomic mass is 9.77. The number of pyridine rings is 1. The maximum Gasteiger partial charge on any atom is 0.277 e. The number of hydrogen-bond acceptors (Lipinski definition) is 4. The Labute approximate surface area is 227 Å². The first-order chi connectivity index (χ1) is 18.6. The van der Waals surface area contributed by atoms with Gasteiger partial charge in [0.2, 0.25) is 0 Å². The summed E-state index contributed by atoms with van der Waals surface area (Å²) in [5.41, 5.74) is 4.75. The van der Waals surface area contributed by atoms with E-state index in [1.165, 1.54) is 24.3 Å². The lowest BCUT2D eigenvalue weighted by Crippen LogP contribution is -2.17. The topological polar surface area (TPSA) is 79.9 Å². The highest BCUT2D eigenvalue weighted by Crippen LogP contribution is 2.45. The van der Waals surface area contributed by atoms with Crippen molar-refractivity contribution in [1.29, 1.82) is 5.41 Å². The number of benzene rings is 3. The lowest BCUT2D eigenvalue weighted by molar-refractivity contribution is -0.386. The summed E-state index contributed by atoms with van der Waals surface area (Å²) >= 11 is 0. The summed E-state index contributed by atoms with van der Waals surface area (Å²) in [5.74, 6) is -1.70. The Morgan fingerprint density at radius 3 is 1.87 bits per heavy atom. The van der Waals surface area contributed by atoms with Crippen molar-refractivity contribution in [2.75, 3.05) is 0 Å². The molecule has 0 aliphatic heterocycles. The monoisotopic (exact) mass is 527 g/mol. The summed E-state index contributed by atoms with van der Waals surface area (Å²) in [6.45, 7) is 7.87. The van der Waals surface area contributed by atoms with Crippen LogP contribution in [0.25, 0.3) is 0 Å². The quantitative estimate of drug-likeness (QED) is 0.103. The van der Waals surface area contributed by atoms with Crippen molar-refractivity contribution in [2.24, 2.45) is 0 Å². The van der Waals surface area contributed by atoms with E-state index in [1.807, 2.05) is 39.8 Å². The lowest BCUT2D eigenvalue weighted by Gasteiger charge is -2.26. The molecule has 0 fully saturated rings. The molecule has 0 aliphatic rings. The van der Waals surface area contributed by atoms with Crippen LogP contribution in [0.1, 0.15) is 84.5 Å². The Bertz CT molecular complexity index is 1440. The second kappa shape index (κ2) is 11.6. The first-order valence-electron chi connectivity index (χ1n) is 12.9. The molecule has 1 N–H and O–H groups in total. The number of nitrogens with zero attached hydrogens (tertiary/aromatic N) is 2. The minimum Gasteiger partial charge on any atom is -0.303 e. The normalized spacial score (nSPS) is 11.4. The molecule has 0 saturated heterocycles. The molecule has 5 nitrogen and oxygen atoms in total. The van der Waals surface area contributed by atoms with Gasteiger partial charge in [-0.05, 0) is 76.6 Å². The largest absolute Gasteiger partial charge is 0.303 e. The molecule has 0 unspecified atom stereocenters. The summed E-state index contributed by atoms with van der Waals surface area (Å²) in [5, 5.41) is 21.6. The van der Waals surface area contributed by atoms with E-state index in [2.05, 4.69) is 4.98 Å². The first kappa shape index (κ1) is 27.8. The SMILES string of the molecule is CC(C)c1cc(C(c2ccc(F)cc2)c2ccc(F)cc2)c([N+](=O)[O-])c(C(C)C)c1CC(=N)c1ccccn1. The summed E-state index contributed by atoms with van der Waals surface area (Å²) in [7, 11) is 0. The number of rotatable bonds is 9. The number of nitrogens with one attached hydrogen (secondary N) is 1. The summed E-state index contributed by atoms with van der Waals surface area (Å²) in [6.07, 6.45) is 1.81. The molecular weight excluding hydrogens is 496 g/mol. The highest BCUT2D eigenvalue weighted by atomic mass is 19.1. The molecule has 0 bridgehead atoms. The number of nitro groups is 1. The Balaban J connectivity index is 2.04. The van der Waals surface area contributed by atoms with E-state index in [1.54, 1.807) is 42.6 Å². The van der Waals surface area contributed by atoms with Crippen LogP contribution in [0.3, 0.4) is 0 Å². The highest BCUT2D eigenvalue weighted by Gasteiger charge is 2.34. The average Bonchev–Trinajstić information content (AvgIpc) is 2.91. The Hall–Kier alpha value is -4.26. The van der Waals surface area contributed by atoms with Crippen molar-refractivity contribution < 1.29 is 13.7 Å². The Morgan fingerprint density at radius 1 is 0.872 bits per heavy atom. The van der Waals surface area contributed by atoms with E-state index < -0.39 is 17.6 Å². The molecule has 1 aromatic heterocycles. The van der Waals surface area contributed by atoms with Gasteiger partial charge < -0.3 is 5.41 Å². The zero-order chi connectivity index (χ0) is 28.3. The Morgan fingerprint density at radius 2 is 1.44 bits per heavy atom. The summed E-state index contributed by atoms with van der Waals surface area (Å²) in [4.78, 5) is 16.8. The fourth-order valence-electron chi connectivity index (χ4n) is 5.21. The van der Waals surface area contributed by atoms with E-state index in [0.29, 0.717) is 27.9 Å². The van der Waals surface area contributed by atoms with E-state index in [9.17, 15) is 18.9 Å². The van der Waals surface area contributed by atoms with Crippen LogP contribution in [-0.2, 0) is 6.42 Å². The van der Waals surface area contributed by atoms with E-state index in [4.69, 9.17) is 5.41 Å². The highest BCUT2D eigenvalue weighted by molar-refractivity contribution is 5.98. The maximum absolute atomic E-state index is 13.9. The summed E-state index contributed by atoms with van der Waals surface area (Å²) in [6, 6.07) is 19.0. The van der Waals surface area contributed by atoms with Crippen LogP contribution in [0.15, 0.2) is 79.0 Å². The number of aromatic nitrogens is 1. The van der Waals surface area contributed by atoms with Gasteiger partial charge in [-0.25, -0.2) is 8.78 Å². The first-order valence-corrected chi connectivity index (χ1v) is 12.9. The number of hydrogen-bond donors (Lipinski definition) is 1. The molecule has 4 rings (SSSR count). The average molecular weight is 528 g/mol.